The normalized spacial score (nSPS) is 14.4. The molecule has 1 aliphatic rings. The molecule has 0 radical (unpaired) electrons. The van der Waals surface area contributed by atoms with Crippen molar-refractivity contribution in [3.05, 3.63) is 12.2 Å². The zero-order chi connectivity index (χ0) is 18.8. The van der Waals surface area contributed by atoms with Gasteiger partial charge in [-0.3, -0.25) is 24.1 Å². The number of esters is 2. The molecule has 9 nitrogen and oxygen atoms in total. The standard InChI is InChI=1S/C16H21NO8/c1-3-11(2)10-24-16(22)25-15(21)7-6-14(20)23-9-8-17-12(18)4-5-13(17)19/h4-5,11H,3,6-10H2,1-2H3. The monoisotopic (exact) mass is 355 g/mol. The molecule has 0 aromatic rings. The Labute approximate surface area is 144 Å². The maximum atomic E-state index is 11.5. The first kappa shape index (κ1) is 20.3. The van der Waals surface area contributed by atoms with E-state index in [1.54, 1.807) is 0 Å². The Kier molecular flexibility index (Phi) is 8.31. The second kappa shape index (κ2) is 10.2. The number of rotatable bonds is 9. The molecule has 0 aromatic heterocycles. The summed E-state index contributed by atoms with van der Waals surface area (Å²) in [6.07, 6.45) is 1.33. The lowest BCUT2D eigenvalue weighted by Crippen LogP contribution is -2.33. The van der Waals surface area contributed by atoms with E-state index in [4.69, 9.17) is 9.47 Å². The average molecular weight is 355 g/mol. The molecule has 0 aromatic carbocycles. The van der Waals surface area contributed by atoms with Crippen molar-refractivity contribution in [1.82, 2.24) is 4.90 Å². The molecule has 138 valence electrons. The highest BCUT2D eigenvalue weighted by Gasteiger charge is 2.23. The van der Waals surface area contributed by atoms with Gasteiger partial charge in [0.25, 0.3) is 11.8 Å². The van der Waals surface area contributed by atoms with Crippen molar-refractivity contribution in [2.45, 2.75) is 33.1 Å². The Morgan fingerprint density at radius 1 is 1.04 bits per heavy atom. The summed E-state index contributed by atoms with van der Waals surface area (Å²) in [7, 11) is 0. The fourth-order valence-corrected chi connectivity index (χ4v) is 1.68. The number of ether oxygens (including phenoxy) is 3. The zero-order valence-electron chi connectivity index (χ0n) is 14.2. The van der Waals surface area contributed by atoms with Gasteiger partial charge in [0.2, 0.25) is 0 Å². The van der Waals surface area contributed by atoms with Crippen LogP contribution in [0.4, 0.5) is 4.79 Å². The van der Waals surface area contributed by atoms with E-state index < -0.39 is 29.9 Å². The van der Waals surface area contributed by atoms with Gasteiger partial charge in [0.05, 0.1) is 26.0 Å². The van der Waals surface area contributed by atoms with E-state index in [0.29, 0.717) is 0 Å². The van der Waals surface area contributed by atoms with Gasteiger partial charge < -0.3 is 14.2 Å². The molecule has 25 heavy (non-hydrogen) atoms. The number of carbonyl (C=O) groups excluding carboxylic acids is 5. The molecule has 0 spiro atoms. The van der Waals surface area contributed by atoms with Gasteiger partial charge in [-0.15, -0.1) is 0 Å². The van der Waals surface area contributed by atoms with Gasteiger partial charge in [-0.05, 0) is 5.92 Å². The van der Waals surface area contributed by atoms with Gasteiger partial charge in [-0.25, -0.2) is 4.79 Å². The topological polar surface area (TPSA) is 116 Å². The molecule has 2 amide bonds. The highest BCUT2D eigenvalue weighted by molar-refractivity contribution is 6.12. The fourth-order valence-electron chi connectivity index (χ4n) is 1.68. The third kappa shape index (κ3) is 7.60. The minimum Gasteiger partial charge on any atom is -0.464 e. The van der Waals surface area contributed by atoms with Crippen molar-refractivity contribution in [2.75, 3.05) is 19.8 Å². The first-order valence-electron chi connectivity index (χ1n) is 7.90. The number of carbonyl (C=O) groups is 5. The van der Waals surface area contributed by atoms with Gasteiger partial charge in [0.1, 0.15) is 6.61 Å². The van der Waals surface area contributed by atoms with Crippen LogP contribution in [-0.4, -0.2) is 54.6 Å². The van der Waals surface area contributed by atoms with Gasteiger partial charge in [-0.2, -0.15) is 0 Å². The van der Waals surface area contributed by atoms with E-state index in [1.807, 2.05) is 13.8 Å². The van der Waals surface area contributed by atoms with Gasteiger partial charge in [0, 0.05) is 12.2 Å². The minimum absolute atomic E-state index is 0.0667. The van der Waals surface area contributed by atoms with Gasteiger partial charge in [0.15, 0.2) is 0 Å². The Morgan fingerprint density at radius 2 is 1.64 bits per heavy atom. The summed E-state index contributed by atoms with van der Waals surface area (Å²) < 4.78 is 13.9. The maximum Gasteiger partial charge on any atom is 0.516 e. The molecule has 0 N–H and O–H groups in total. The second-order valence-electron chi connectivity index (χ2n) is 5.43. The summed E-state index contributed by atoms with van der Waals surface area (Å²) in [6, 6.07) is 0. The quantitative estimate of drug-likeness (QED) is 0.341. The van der Waals surface area contributed by atoms with E-state index in [2.05, 4.69) is 4.74 Å². The summed E-state index contributed by atoms with van der Waals surface area (Å²) in [5.41, 5.74) is 0. The predicted molar refractivity (Wildman–Crippen MR) is 82.9 cm³/mol. The van der Waals surface area contributed by atoms with E-state index in [1.165, 1.54) is 0 Å². The lowest BCUT2D eigenvalue weighted by Gasteiger charge is -2.13. The number of hydrogen-bond acceptors (Lipinski definition) is 8. The third-order valence-electron chi connectivity index (χ3n) is 3.39. The van der Waals surface area contributed by atoms with Crippen LogP contribution >= 0.6 is 0 Å². The van der Waals surface area contributed by atoms with Crippen molar-refractivity contribution in [3.8, 4) is 0 Å². The third-order valence-corrected chi connectivity index (χ3v) is 3.39. The van der Waals surface area contributed by atoms with Crippen LogP contribution in [0.25, 0.3) is 0 Å². The molecule has 0 bridgehead atoms. The summed E-state index contributed by atoms with van der Waals surface area (Å²) in [4.78, 5) is 57.6. The number of nitrogens with zero attached hydrogens (tertiary/aromatic N) is 1. The summed E-state index contributed by atoms with van der Waals surface area (Å²) in [5.74, 6) is -2.40. The second-order valence-corrected chi connectivity index (χ2v) is 5.43. The Morgan fingerprint density at radius 3 is 2.24 bits per heavy atom. The molecule has 1 rings (SSSR count). The van der Waals surface area contributed by atoms with Crippen molar-refractivity contribution in [1.29, 1.82) is 0 Å². The zero-order valence-corrected chi connectivity index (χ0v) is 14.2. The van der Waals surface area contributed by atoms with Crippen molar-refractivity contribution in [3.63, 3.8) is 0 Å². The summed E-state index contributed by atoms with van der Waals surface area (Å²) >= 11 is 0. The number of imide groups is 1. The minimum atomic E-state index is -1.10. The van der Waals surface area contributed by atoms with E-state index in [9.17, 15) is 24.0 Å². The molecular formula is C16H21NO8. The van der Waals surface area contributed by atoms with Crippen molar-refractivity contribution < 1.29 is 38.2 Å². The van der Waals surface area contributed by atoms with Crippen LogP contribution in [-0.2, 0) is 33.4 Å². The van der Waals surface area contributed by atoms with Gasteiger partial charge in [-0.1, -0.05) is 20.3 Å². The van der Waals surface area contributed by atoms with Crippen LogP contribution in [0, 0.1) is 5.92 Å². The largest absolute Gasteiger partial charge is 0.516 e. The highest BCUT2D eigenvalue weighted by atomic mass is 16.7. The molecule has 1 aliphatic heterocycles. The molecular weight excluding hydrogens is 334 g/mol. The van der Waals surface area contributed by atoms with Crippen LogP contribution < -0.4 is 0 Å². The SMILES string of the molecule is CCC(C)COC(=O)OC(=O)CCC(=O)OCCN1C(=O)C=CC1=O. The average Bonchev–Trinajstić information content (AvgIpc) is 2.89. The lowest BCUT2D eigenvalue weighted by molar-refractivity contribution is -0.150. The van der Waals surface area contributed by atoms with Crippen LogP contribution in [0.5, 0.6) is 0 Å². The van der Waals surface area contributed by atoms with Crippen LogP contribution in [0.2, 0.25) is 0 Å². The Bertz CT molecular complexity index is 550. The Hall–Kier alpha value is -2.71. The predicted octanol–water partition coefficient (Wildman–Crippen LogP) is 0.961. The van der Waals surface area contributed by atoms with Gasteiger partial charge >= 0.3 is 18.1 Å². The van der Waals surface area contributed by atoms with Crippen LogP contribution in [0.1, 0.15) is 33.1 Å². The lowest BCUT2D eigenvalue weighted by atomic mass is 10.1. The molecule has 1 unspecified atom stereocenters. The highest BCUT2D eigenvalue weighted by Crippen LogP contribution is 2.04. The summed E-state index contributed by atoms with van der Waals surface area (Å²) in [6.45, 7) is 3.72. The first-order chi connectivity index (χ1) is 11.8. The number of amides is 2. The molecule has 0 aliphatic carbocycles. The van der Waals surface area contributed by atoms with E-state index in [0.717, 1.165) is 23.5 Å². The molecule has 0 fully saturated rings. The molecule has 1 heterocycles. The molecule has 1 atom stereocenters. The maximum absolute atomic E-state index is 11.5. The molecule has 0 saturated heterocycles. The van der Waals surface area contributed by atoms with E-state index in [-0.39, 0.29) is 38.5 Å². The van der Waals surface area contributed by atoms with E-state index >= 15 is 0 Å². The van der Waals surface area contributed by atoms with Crippen molar-refractivity contribution >= 4 is 29.9 Å². The fraction of sp³-hybridized carbons (Fsp3) is 0.562. The number of hydrogen-bond donors (Lipinski definition) is 0. The van der Waals surface area contributed by atoms with Crippen LogP contribution in [0.15, 0.2) is 12.2 Å². The summed E-state index contributed by atoms with van der Waals surface area (Å²) in [5, 5.41) is 0. The van der Waals surface area contributed by atoms with Crippen LogP contribution in [0.3, 0.4) is 0 Å². The van der Waals surface area contributed by atoms with Crippen molar-refractivity contribution in [2.24, 2.45) is 5.92 Å². The Balaban J connectivity index is 2.14. The smallest absolute Gasteiger partial charge is 0.464 e. The molecule has 9 heteroatoms. The first-order valence-corrected chi connectivity index (χ1v) is 7.90. The molecule has 0 saturated carbocycles.